The summed E-state index contributed by atoms with van der Waals surface area (Å²) in [5.41, 5.74) is 1.57. The molecule has 0 spiro atoms. The van der Waals surface area contributed by atoms with Crippen LogP contribution in [0.15, 0.2) is 12.5 Å². The van der Waals surface area contributed by atoms with Crippen molar-refractivity contribution >= 4 is 0 Å². The van der Waals surface area contributed by atoms with E-state index in [2.05, 4.69) is 21.8 Å². The quantitative estimate of drug-likeness (QED) is 0.868. The fourth-order valence-corrected chi connectivity index (χ4v) is 3.04. The molecular weight excluding hydrogens is 214 g/mol. The molecule has 1 saturated heterocycles. The first-order valence-corrected chi connectivity index (χ1v) is 6.71. The summed E-state index contributed by atoms with van der Waals surface area (Å²) < 4.78 is 8.23. The van der Waals surface area contributed by atoms with Crippen molar-refractivity contribution in [2.45, 2.75) is 44.2 Å². The van der Waals surface area contributed by atoms with Crippen LogP contribution in [0.5, 0.6) is 0 Å². The third-order valence-corrected chi connectivity index (χ3v) is 4.38. The maximum atomic E-state index is 5.85. The highest BCUT2D eigenvalue weighted by molar-refractivity contribution is 5.11. The predicted octanol–water partition coefficient (Wildman–Crippen LogP) is 1.83. The normalized spacial score (nSPS) is 27.7. The first-order chi connectivity index (χ1) is 8.36. The Hall–Kier alpha value is -0.870. The predicted molar refractivity (Wildman–Crippen MR) is 65.9 cm³/mol. The van der Waals surface area contributed by atoms with Crippen LogP contribution < -0.4 is 5.32 Å². The lowest BCUT2D eigenvalue weighted by Gasteiger charge is -2.44. The van der Waals surface area contributed by atoms with E-state index in [9.17, 15) is 0 Å². The molecule has 94 valence electrons. The molecule has 1 aromatic rings. The number of imidazole rings is 1. The van der Waals surface area contributed by atoms with Crippen LogP contribution in [0.4, 0.5) is 0 Å². The van der Waals surface area contributed by atoms with Crippen LogP contribution in [0, 0.1) is 0 Å². The van der Waals surface area contributed by atoms with E-state index >= 15 is 0 Å². The summed E-state index contributed by atoms with van der Waals surface area (Å²) in [5.74, 6) is 0. The summed E-state index contributed by atoms with van der Waals surface area (Å²) >= 11 is 0. The molecule has 1 saturated carbocycles. The van der Waals surface area contributed by atoms with Crippen molar-refractivity contribution in [1.29, 1.82) is 0 Å². The third kappa shape index (κ3) is 1.79. The molecule has 0 amide bonds. The van der Waals surface area contributed by atoms with E-state index in [0.29, 0.717) is 5.54 Å². The zero-order chi connectivity index (χ0) is 11.7. The van der Waals surface area contributed by atoms with Gasteiger partial charge in [0.25, 0.3) is 0 Å². The van der Waals surface area contributed by atoms with Gasteiger partial charge in [0.2, 0.25) is 0 Å². The van der Waals surface area contributed by atoms with Crippen LogP contribution in [-0.4, -0.2) is 29.2 Å². The summed E-state index contributed by atoms with van der Waals surface area (Å²) in [6, 6.07) is 0. The van der Waals surface area contributed by atoms with Gasteiger partial charge in [0.15, 0.2) is 0 Å². The molecular formula is C13H21N3O. The second-order valence-corrected chi connectivity index (χ2v) is 5.18. The Morgan fingerprint density at radius 2 is 2.47 bits per heavy atom. The van der Waals surface area contributed by atoms with Crippen LogP contribution in [0.1, 0.15) is 44.4 Å². The van der Waals surface area contributed by atoms with Gasteiger partial charge in [-0.1, -0.05) is 6.92 Å². The molecule has 17 heavy (non-hydrogen) atoms. The first-order valence-electron chi connectivity index (χ1n) is 6.71. The summed E-state index contributed by atoms with van der Waals surface area (Å²) in [4.78, 5) is 4.35. The van der Waals surface area contributed by atoms with Crippen molar-refractivity contribution in [2.75, 3.05) is 19.7 Å². The Morgan fingerprint density at radius 1 is 1.59 bits per heavy atom. The van der Waals surface area contributed by atoms with E-state index in [-0.39, 0.29) is 6.10 Å². The lowest BCUT2D eigenvalue weighted by molar-refractivity contribution is 0.0145. The van der Waals surface area contributed by atoms with Gasteiger partial charge < -0.3 is 14.6 Å². The molecule has 0 radical (unpaired) electrons. The number of ether oxygens (including phenoxy) is 1. The molecule has 2 heterocycles. The van der Waals surface area contributed by atoms with Gasteiger partial charge in [-0.15, -0.1) is 0 Å². The number of nitrogens with one attached hydrogen (secondary N) is 1. The van der Waals surface area contributed by atoms with Crippen molar-refractivity contribution in [3.8, 4) is 0 Å². The second kappa shape index (κ2) is 4.42. The highest BCUT2D eigenvalue weighted by atomic mass is 16.5. The Balaban J connectivity index is 1.87. The number of morpholine rings is 1. The summed E-state index contributed by atoms with van der Waals surface area (Å²) in [6.45, 7) is 4.95. The minimum Gasteiger partial charge on any atom is -0.369 e. The largest absolute Gasteiger partial charge is 0.369 e. The van der Waals surface area contributed by atoms with Gasteiger partial charge in [-0.25, -0.2) is 4.98 Å². The second-order valence-electron chi connectivity index (χ2n) is 5.18. The molecule has 0 aromatic carbocycles. The van der Waals surface area contributed by atoms with E-state index in [1.165, 1.54) is 31.4 Å². The van der Waals surface area contributed by atoms with Crippen molar-refractivity contribution < 1.29 is 4.74 Å². The molecule has 0 bridgehead atoms. The van der Waals surface area contributed by atoms with E-state index in [1.807, 2.05) is 12.5 Å². The van der Waals surface area contributed by atoms with Crippen LogP contribution in [-0.2, 0) is 10.3 Å². The van der Waals surface area contributed by atoms with Crippen molar-refractivity contribution in [2.24, 2.45) is 0 Å². The molecule has 1 unspecified atom stereocenters. The monoisotopic (exact) mass is 235 g/mol. The molecule has 2 fully saturated rings. The third-order valence-electron chi connectivity index (χ3n) is 4.38. The molecule has 1 atom stereocenters. The lowest BCUT2D eigenvalue weighted by Crippen LogP contribution is -2.42. The van der Waals surface area contributed by atoms with Gasteiger partial charge in [0.05, 0.1) is 24.8 Å². The highest BCUT2D eigenvalue weighted by Gasteiger charge is 2.39. The Morgan fingerprint density at radius 3 is 3.06 bits per heavy atom. The summed E-state index contributed by atoms with van der Waals surface area (Å²) in [7, 11) is 0. The lowest BCUT2D eigenvalue weighted by atomic mass is 9.74. The minimum atomic E-state index is 0.176. The summed E-state index contributed by atoms with van der Waals surface area (Å²) in [6.07, 6.45) is 9.25. The van der Waals surface area contributed by atoms with Crippen LogP contribution in [0.3, 0.4) is 0 Å². The molecule has 3 rings (SSSR count). The van der Waals surface area contributed by atoms with Crippen molar-refractivity contribution in [3.63, 3.8) is 0 Å². The molecule has 1 aromatic heterocycles. The molecule has 4 heteroatoms. The standard InChI is InChI=1S/C13H21N3O/c1-2-13(4-3-5-13)16-10-15-8-11(16)12-9-14-6-7-17-12/h8,10,12,14H,2-7,9H2,1H3. The number of hydrogen-bond donors (Lipinski definition) is 1. The fourth-order valence-electron chi connectivity index (χ4n) is 3.04. The fraction of sp³-hybridized carbons (Fsp3) is 0.769. The average molecular weight is 235 g/mol. The van der Waals surface area contributed by atoms with Gasteiger partial charge in [0.1, 0.15) is 6.10 Å². The zero-order valence-corrected chi connectivity index (χ0v) is 10.5. The SMILES string of the molecule is CCC1(n2cncc2C2CNCCO2)CCC1. The smallest absolute Gasteiger partial charge is 0.111 e. The number of aromatic nitrogens is 2. The van der Waals surface area contributed by atoms with Gasteiger partial charge in [0, 0.05) is 18.6 Å². The van der Waals surface area contributed by atoms with Gasteiger partial charge >= 0.3 is 0 Å². The van der Waals surface area contributed by atoms with E-state index in [1.54, 1.807) is 0 Å². The number of nitrogens with zero attached hydrogens (tertiary/aromatic N) is 2. The van der Waals surface area contributed by atoms with Crippen LogP contribution >= 0.6 is 0 Å². The topological polar surface area (TPSA) is 39.1 Å². The maximum absolute atomic E-state index is 5.85. The Kier molecular flexibility index (Phi) is 2.92. The van der Waals surface area contributed by atoms with Gasteiger partial charge in [-0.05, 0) is 25.7 Å². The van der Waals surface area contributed by atoms with E-state index in [0.717, 1.165) is 19.7 Å². The number of rotatable bonds is 3. The Bertz CT molecular complexity index is 372. The first kappa shape index (κ1) is 11.2. The van der Waals surface area contributed by atoms with Crippen LogP contribution in [0.2, 0.25) is 0 Å². The molecule has 1 aliphatic heterocycles. The van der Waals surface area contributed by atoms with E-state index in [4.69, 9.17) is 4.74 Å². The molecule has 1 N–H and O–H groups in total. The molecule has 2 aliphatic rings. The maximum Gasteiger partial charge on any atom is 0.111 e. The van der Waals surface area contributed by atoms with Crippen molar-refractivity contribution in [1.82, 2.24) is 14.9 Å². The van der Waals surface area contributed by atoms with Crippen molar-refractivity contribution in [3.05, 3.63) is 18.2 Å². The van der Waals surface area contributed by atoms with E-state index < -0.39 is 0 Å². The molecule has 1 aliphatic carbocycles. The zero-order valence-electron chi connectivity index (χ0n) is 10.5. The summed E-state index contributed by atoms with van der Waals surface area (Å²) in [5, 5.41) is 3.39. The average Bonchev–Trinajstić information content (AvgIpc) is 2.79. The molecule has 4 nitrogen and oxygen atoms in total. The van der Waals surface area contributed by atoms with Gasteiger partial charge in [-0.3, -0.25) is 0 Å². The van der Waals surface area contributed by atoms with Gasteiger partial charge in [-0.2, -0.15) is 0 Å². The minimum absolute atomic E-state index is 0.176. The highest BCUT2D eigenvalue weighted by Crippen LogP contribution is 2.43. The van der Waals surface area contributed by atoms with Crippen LogP contribution in [0.25, 0.3) is 0 Å². The Labute approximate surface area is 102 Å². The number of hydrogen-bond acceptors (Lipinski definition) is 3.